The van der Waals surface area contributed by atoms with Gasteiger partial charge in [0.15, 0.2) is 6.61 Å². The van der Waals surface area contributed by atoms with Crippen LogP contribution in [0.5, 0.6) is 5.75 Å². The third-order valence-electron chi connectivity index (χ3n) is 5.60. The predicted octanol–water partition coefficient (Wildman–Crippen LogP) is 3.66. The summed E-state index contributed by atoms with van der Waals surface area (Å²) in [4.78, 5) is 39.8. The van der Waals surface area contributed by atoms with Gasteiger partial charge < -0.3 is 19.9 Å². The van der Waals surface area contributed by atoms with E-state index in [1.54, 1.807) is 43.3 Å². The van der Waals surface area contributed by atoms with Crippen LogP contribution in [0.3, 0.4) is 0 Å². The van der Waals surface area contributed by atoms with E-state index in [2.05, 4.69) is 5.32 Å². The predicted molar refractivity (Wildman–Crippen MR) is 119 cm³/mol. The van der Waals surface area contributed by atoms with Crippen LogP contribution in [0.4, 0.5) is 18.9 Å². The molecule has 0 unspecified atom stereocenters. The van der Waals surface area contributed by atoms with Gasteiger partial charge in [0.2, 0.25) is 5.91 Å². The highest BCUT2D eigenvalue weighted by molar-refractivity contribution is 5.95. The Morgan fingerprint density at radius 2 is 1.59 bits per heavy atom. The summed E-state index contributed by atoms with van der Waals surface area (Å²) in [7, 11) is 3.28. The number of hydrogen-bond donors (Lipinski definition) is 1. The molecule has 3 amide bonds. The molecule has 3 rings (SSSR count). The second kappa shape index (κ2) is 10.6. The van der Waals surface area contributed by atoms with Gasteiger partial charge in [-0.3, -0.25) is 14.4 Å². The first-order valence-electron chi connectivity index (χ1n) is 10.7. The minimum atomic E-state index is -4.45. The van der Waals surface area contributed by atoms with E-state index in [1.807, 2.05) is 0 Å². The van der Waals surface area contributed by atoms with Crippen molar-refractivity contribution in [2.24, 2.45) is 5.92 Å². The van der Waals surface area contributed by atoms with Gasteiger partial charge >= 0.3 is 6.18 Å². The number of piperidine rings is 1. The van der Waals surface area contributed by atoms with Gasteiger partial charge in [0.1, 0.15) is 5.75 Å². The number of alkyl halides is 3. The van der Waals surface area contributed by atoms with Crippen molar-refractivity contribution in [1.29, 1.82) is 0 Å². The van der Waals surface area contributed by atoms with Gasteiger partial charge in [0.25, 0.3) is 11.8 Å². The van der Waals surface area contributed by atoms with E-state index < -0.39 is 11.7 Å². The highest BCUT2D eigenvalue weighted by atomic mass is 19.4. The maximum Gasteiger partial charge on any atom is 0.416 e. The van der Waals surface area contributed by atoms with Crippen molar-refractivity contribution in [1.82, 2.24) is 9.80 Å². The van der Waals surface area contributed by atoms with Gasteiger partial charge in [-0.1, -0.05) is 0 Å². The van der Waals surface area contributed by atoms with Crippen molar-refractivity contribution < 1.29 is 32.3 Å². The van der Waals surface area contributed by atoms with Crippen LogP contribution in [0.1, 0.15) is 28.8 Å². The Balaban J connectivity index is 1.48. The summed E-state index contributed by atoms with van der Waals surface area (Å²) in [6.45, 7) is 0.595. The number of nitrogens with zero attached hydrogens (tertiary/aromatic N) is 2. The zero-order valence-corrected chi connectivity index (χ0v) is 18.9. The van der Waals surface area contributed by atoms with Crippen LogP contribution in [-0.4, -0.2) is 61.3 Å². The largest absolute Gasteiger partial charge is 0.484 e. The molecule has 1 aliphatic heterocycles. The van der Waals surface area contributed by atoms with Crippen LogP contribution in [0.15, 0.2) is 48.5 Å². The number of anilines is 1. The minimum absolute atomic E-state index is 0.0809. The number of halogens is 3. The van der Waals surface area contributed by atoms with Crippen molar-refractivity contribution in [3.05, 3.63) is 59.7 Å². The number of nitrogens with one attached hydrogen (secondary N) is 1. The Labute approximate surface area is 195 Å². The number of benzene rings is 2. The van der Waals surface area contributed by atoms with E-state index in [1.165, 1.54) is 17.0 Å². The summed E-state index contributed by atoms with van der Waals surface area (Å²) in [5.41, 5.74) is -0.0360. The smallest absolute Gasteiger partial charge is 0.416 e. The summed E-state index contributed by atoms with van der Waals surface area (Å²) in [6, 6.07) is 10.8. The van der Waals surface area contributed by atoms with Crippen LogP contribution in [0, 0.1) is 5.92 Å². The molecule has 0 bridgehead atoms. The highest BCUT2D eigenvalue weighted by Gasteiger charge is 2.31. The van der Waals surface area contributed by atoms with Crippen molar-refractivity contribution in [2.75, 3.05) is 39.1 Å². The summed E-state index contributed by atoms with van der Waals surface area (Å²) < 4.78 is 43.5. The van der Waals surface area contributed by atoms with Crippen LogP contribution in [0.25, 0.3) is 0 Å². The average molecular weight is 477 g/mol. The molecular weight excluding hydrogens is 451 g/mol. The zero-order valence-electron chi connectivity index (χ0n) is 18.9. The summed E-state index contributed by atoms with van der Waals surface area (Å²) >= 11 is 0. The molecule has 1 fully saturated rings. The van der Waals surface area contributed by atoms with Crippen molar-refractivity contribution in [3.63, 3.8) is 0 Å². The molecule has 182 valence electrons. The molecule has 0 atom stereocenters. The zero-order chi connectivity index (χ0) is 24.9. The van der Waals surface area contributed by atoms with Crippen LogP contribution < -0.4 is 10.1 Å². The monoisotopic (exact) mass is 477 g/mol. The molecule has 10 heteroatoms. The number of ether oxygens (including phenoxy) is 1. The van der Waals surface area contributed by atoms with Gasteiger partial charge in [-0.25, -0.2) is 0 Å². The standard InChI is InChI=1S/C24H26F3N3O4/c1-29(2)21(31)15-34-20-9-7-19(8-10-20)28-22(32)16-11-13-30(14-12-16)23(33)17-3-5-18(6-4-17)24(25,26)27/h3-10,16H,11-15H2,1-2H3,(H,28,32). The van der Waals surface area contributed by atoms with Crippen LogP contribution in [0.2, 0.25) is 0 Å². The Bertz CT molecular complexity index is 1010. The third kappa shape index (κ3) is 6.49. The van der Waals surface area contributed by atoms with Crippen LogP contribution >= 0.6 is 0 Å². The molecule has 34 heavy (non-hydrogen) atoms. The molecule has 0 spiro atoms. The average Bonchev–Trinajstić information content (AvgIpc) is 2.82. The molecule has 1 aliphatic rings. The SMILES string of the molecule is CN(C)C(=O)COc1ccc(NC(=O)C2CCN(C(=O)c3ccc(C(F)(F)F)cc3)CC2)cc1. The van der Waals surface area contributed by atoms with Crippen LogP contribution in [-0.2, 0) is 15.8 Å². The summed E-state index contributed by atoms with van der Waals surface area (Å²) in [6.07, 6.45) is -3.55. The second-order valence-corrected chi connectivity index (χ2v) is 8.23. The molecule has 0 aliphatic carbocycles. The molecule has 0 saturated carbocycles. The lowest BCUT2D eigenvalue weighted by molar-refractivity contribution is -0.137. The fourth-order valence-corrected chi connectivity index (χ4v) is 3.48. The van der Waals surface area contributed by atoms with Crippen molar-refractivity contribution >= 4 is 23.4 Å². The van der Waals surface area contributed by atoms with E-state index >= 15 is 0 Å². The van der Waals surface area contributed by atoms with Gasteiger partial charge in [-0.15, -0.1) is 0 Å². The maximum atomic E-state index is 12.7. The van der Waals surface area contributed by atoms with E-state index in [9.17, 15) is 27.6 Å². The van der Waals surface area contributed by atoms with Gasteiger partial charge in [-0.2, -0.15) is 13.2 Å². The minimum Gasteiger partial charge on any atom is -0.484 e. The molecule has 2 aromatic carbocycles. The molecule has 0 radical (unpaired) electrons. The number of rotatable bonds is 6. The first-order valence-corrected chi connectivity index (χ1v) is 10.7. The topological polar surface area (TPSA) is 79.0 Å². The summed E-state index contributed by atoms with van der Waals surface area (Å²) in [5.74, 6) is -0.469. The lowest BCUT2D eigenvalue weighted by atomic mass is 9.95. The molecule has 1 heterocycles. The Morgan fingerprint density at radius 1 is 1.00 bits per heavy atom. The molecule has 1 saturated heterocycles. The molecular formula is C24H26F3N3O4. The van der Waals surface area contributed by atoms with Gasteiger partial charge in [0.05, 0.1) is 5.56 Å². The Morgan fingerprint density at radius 3 is 2.12 bits per heavy atom. The molecule has 1 N–H and O–H groups in total. The molecule has 2 aromatic rings. The number of likely N-dealkylation sites (N-methyl/N-ethyl adjacent to an activating group) is 1. The number of carbonyl (C=O) groups is 3. The maximum absolute atomic E-state index is 12.7. The quantitative estimate of drug-likeness (QED) is 0.689. The second-order valence-electron chi connectivity index (χ2n) is 8.23. The van der Waals surface area contributed by atoms with Crippen molar-refractivity contribution in [3.8, 4) is 5.75 Å². The van der Waals surface area contributed by atoms with E-state index in [-0.39, 0.29) is 35.8 Å². The Hall–Kier alpha value is -3.56. The molecule has 7 nitrogen and oxygen atoms in total. The van der Waals surface area contributed by atoms with E-state index in [0.717, 1.165) is 12.1 Å². The lowest BCUT2D eigenvalue weighted by Crippen LogP contribution is -2.41. The normalized spacial score (nSPS) is 14.4. The number of hydrogen-bond acceptors (Lipinski definition) is 4. The van der Waals surface area contributed by atoms with Gasteiger partial charge in [-0.05, 0) is 61.4 Å². The molecule has 0 aromatic heterocycles. The lowest BCUT2D eigenvalue weighted by Gasteiger charge is -2.31. The van der Waals surface area contributed by atoms with Crippen molar-refractivity contribution in [2.45, 2.75) is 19.0 Å². The number of amides is 3. The number of likely N-dealkylation sites (tertiary alicyclic amines) is 1. The van der Waals surface area contributed by atoms with Gasteiger partial charge in [0, 0.05) is 44.4 Å². The highest BCUT2D eigenvalue weighted by Crippen LogP contribution is 2.29. The number of carbonyl (C=O) groups excluding carboxylic acids is 3. The Kier molecular flexibility index (Phi) is 7.80. The first-order chi connectivity index (χ1) is 16.0. The summed E-state index contributed by atoms with van der Waals surface area (Å²) in [5, 5.41) is 2.84. The van der Waals surface area contributed by atoms with E-state index in [0.29, 0.717) is 37.4 Å². The fraction of sp³-hybridized carbons (Fsp3) is 0.375. The first kappa shape index (κ1) is 25.1. The van der Waals surface area contributed by atoms with E-state index in [4.69, 9.17) is 4.74 Å². The fourth-order valence-electron chi connectivity index (χ4n) is 3.48. The third-order valence-corrected chi connectivity index (χ3v) is 5.60.